The van der Waals surface area contributed by atoms with Crippen LogP contribution in [0.5, 0.6) is 0 Å². The van der Waals surface area contributed by atoms with Crippen LogP contribution < -0.4 is 4.90 Å². The van der Waals surface area contributed by atoms with Crippen molar-refractivity contribution in [3.8, 4) is 0 Å². The van der Waals surface area contributed by atoms with E-state index in [4.69, 9.17) is 5.11 Å². The van der Waals surface area contributed by atoms with Crippen molar-refractivity contribution in [3.05, 3.63) is 30.0 Å². The lowest BCUT2D eigenvalue weighted by atomic mass is 10.1. The van der Waals surface area contributed by atoms with Gasteiger partial charge < -0.3 is 14.6 Å². The molecule has 0 unspecified atom stereocenters. The first-order valence-electron chi connectivity index (χ1n) is 6.00. The van der Waals surface area contributed by atoms with Crippen LogP contribution in [0.25, 0.3) is 10.9 Å². The lowest BCUT2D eigenvalue weighted by Crippen LogP contribution is -2.20. The van der Waals surface area contributed by atoms with Crippen molar-refractivity contribution in [2.45, 2.75) is 6.42 Å². The van der Waals surface area contributed by atoms with E-state index in [1.54, 1.807) is 6.20 Å². The topological polar surface area (TPSA) is 62.5 Å². The number of rotatable bonds is 5. The first-order valence-corrected chi connectivity index (χ1v) is 6.00. The maximum Gasteiger partial charge on any atom is 0.305 e. The first kappa shape index (κ1) is 13.1. The number of anilines is 1. The summed E-state index contributed by atoms with van der Waals surface area (Å²) in [6, 6.07) is 5.79. The molecule has 0 amide bonds. The summed E-state index contributed by atoms with van der Waals surface area (Å²) in [5.74, 6) is -0.818. The second-order valence-electron chi connectivity index (χ2n) is 4.58. The van der Waals surface area contributed by atoms with Crippen molar-refractivity contribution in [2.75, 3.05) is 18.5 Å². The van der Waals surface area contributed by atoms with Crippen LogP contribution in [0.2, 0.25) is 0 Å². The van der Waals surface area contributed by atoms with Crippen molar-refractivity contribution in [2.24, 2.45) is 7.05 Å². The molecule has 0 atom stereocenters. The molecule has 0 saturated carbocycles. The maximum atomic E-state index is 11.0. The van der Waals surface area contributed by atoms with Gasteiger partial charge in [0, 0.05) is 49.0 Å². The highest BCUT2D eigenvalue weighted by Gasteiger charge is 2.09. The van der Waals surface area contributed by atoms with E-state index in [2.05, 4.69) is 0 Å². The molecule has 2 aromatic rings. The Morgan fingerprint density at radius 2 is 2.21 bits per heavy atom. The minimum absolute atomic E-state index is 0.0872. The molecule has 1 aromatic carbocycles. The smallest absolute Gasteiger partial charge is 0.305 e. The Hall–Kier alpha value is -2.30. The van der Waals surface area contributed by atoms with Crippen LogP contribution in [0.1, 0.15) is 16.8 Å². The summed E-state index contributed by atoms with van der Waals surface area (Å²) in [5.41, 5.74) is 2.53. The highest BCUT2D eigenvalue weighted by atomic mass is 16.4. The Morgan fingerprint density at radius 1 is 1.47 bits per heavy atom. The van der Waals surface area contributed by atoms with E-state index in [0.29, 0.717) is 12.1 Å². The van der Waals surface area contributed by atoms with Crippen LogP contribution in [0.15, 0.2) is 24.4 Å². The number of hydrogen-bond donors (Lipinski definition) is 1. The molecule has 0 radical (unpaired) electrons. The van der Waals surface area contributed by atoms with E-state index in [9.17, 15) is 9.59 Å². The van der Waals surface area contributed by atoms with E-state index in [-0.39, 0.29) is 6.42 Å². The quantitative estimate of drug-likeness (QED) is 0.834. The Morgan fingerprint density at radius 3 is 2.84 bits per heavy atom. The van der Waals surface area contributed by atoms with Crippen molar-refractivity contribution >= 4 is 28.8 Å². The van der Waals surface area contributed by atoms with Crippen LogP contribution in [-0.4, -0.2) is 35.5 Å². The van der Waals surface area contributed by atoms with Crippen LogP contribution in [0.4, 0.5) is 5.69 Å². The second kappa shape index (κ2) is 5.14. The monoisotopic (exact) mass is 260 g/mol. The van der Waals surface area contributed by atoms with Gasteiger partial charge in [-0.05, 0) is 18.2 Å². The number of carbonyl (C=O) groups is 2. The largest absolute Gasteiger partial charge is 0.481 e. The van der Waals surface area contributed by atoms with Crippen LogP contribution in [0.3, 0.4) is 0 Å². The van der Waals surface area contributed by atoms with E-state index >= 15 is 0 Å². The molecule has 0 aliphatic heterocycles. The van der Waals surface area contributed by atoms with Gasteiger partial charge in [-0.25, -0.2) is 0 Å². The molecule has 5 heteroatoms. The van der Waals surface area contributed by atoms with Crippen molar-refractivity contribution in [1.29, 1.82) is 0 Å². The van der Waals surface area contributed by atoms with Gasteiger partial charge in [-0.15, -0.1) is 0 Å². The summed E-state index contributed by atoms with van der Waals surface area (Å²) in [6.45, 7) is 0.435. The van der Waals surface area contributed by atoms with E-state index in [0.717, 1.165) is 22.9 Å². The zero-order valence-corrected chi connectivity index (χ0v) is 11.0. The zero-order chi connectivity index (χ0) is 14.0. The van der Waals surface area contributed by atoms with Gasteiger partial charge in [0.2, 0.25) is 0 Å². The molecule has 5 nitrogen and oxygen atoms in total. The molecule has 0 aliphatic carbocycles. The number of carboxylic acid groups (broad SMARTS) is 1. The molecular weight excluding hydrogens is 244 g/mol. The summed E-state index contributed by atoms with van der Waals surface area (Å²) >= 11 is 0. The van der Waals surface area contributed by atoms with E-state index in [1.165, 1.54) is 0 Å². The molecule has 0 saturated heterocycles. The molecule has 1 aromatic heterocycles. The molecule has 1 heterocycles. The molecule has 0 fully saturated rings. The maximum absolute atomic E-state index is 11.0. The third-order valence-corrected chi connectivity index (χ3v) is 3.23. The number of aliphatic carboxylic acids is 1. The summed E-state index contributed by atoms with van der Waals surface area (Å²) in [5, 5.41) is 9.58. The average Bonchev–Trinajstić information content (AvgIpc) is 2.72. The number of hydrogen-bond acceptors (Lipinski definition) is 3. The molecular formula is C14H16N2O3. The fraction of sp³-hybridized carbons (Fsp3) is 0.286. The fourth-order valence-corrected chi connectivity index (χ4v) is 2.13. The molecule has 0 bridgehead atoms. The van der Waals surface area contributed by atoms with Gasteiger partial charge in [0.15, 0.2) is 6.29 Å². The minimum atomic E-state index is -0.818. The number of benzene rings is 1. The predicted octanol–water partition coefficient (Wildman–Crippen LogP) is 1.90. The third kappa shape index (κ3) is 2.59. The molecule has 2 rings (SSSR count). The summed E-state index contributed by atoms with van der Waals surface area (Å²) in [7, 11) is 3.73. The van der Waals surface area contributed by atoms with E-state index < -0.39 is 5.97 Å². The van der Waals surface area contributed by atoms with Crippen LogP contribution in [-0.2, 0) is 11.8 Å². The number of aldehydes is 1. The molecule has 0 aliphatic rings. The molecule has 1 N–H and O–H groups in total. The number of fused-ring (bicyclic) bond motifs is 1. The zero-order valence-electron chi connectivity index (χ0n) is 11.0. The molecule has 100 valence electrons. The van der Waals surface area contributed by atoms with Gasteiger partial charge in [0.1, 0.15) is 0 Å². The van der Waals surface area contributed by atoms with Crippen molar-refractivity contribution in [3.63, 3.8) is 0 Å². The number of carboxylic acids is 1. The van der Waals surface area contributed by atoms with Gasteiger partial charge in [-0.3, -0.25) is 9.59 Å². The van der Waals surface area contributed by atoms with Crippen molar-refractivity contribution < 1.29 is 14.7 Å². The number of nitrogens with zero attached hydrogens (tertiary/aromatic N) is 2. The summed E-state index contributed by atoms with van der Waals surface area (Å²) < 4.78 is 1.90. The Kier molecular flexibility index (Phi) is 3.55. The minimum Gasteiger partial charge on any atom is -0.481 e. The summed E-state index contributed by atoms with van der Waals surface area (Å²) in [6.07, 6.45) is 2.71. The Balaban J connectivity index is 2.35. The number of aromatic nitrogens is 1. The molecule has 19 heavy (non-hydrogen) atoms. The highest BCUT2D eigenvalue weighted by Crippen LogP contribution is 2.25. The lowest BCUT2D eigenvalue weighted by molar-refractivity contribution is -0.136. The Labute approximate surface area is 111 Å². The third-order valence-electron chi connectivity index (χ3n) is 3.23. The van der Waals surface area contributed by atoms with Gasteiger partial charge in [0.05, 0.1) is 6.42 Å². The SMILES string of the molecule is CN(CCC(=O)O)c1ccc2c(c1)c(C=O)cn2C. The van der Waals surface area contributed by atoms with Gasteiger partial charge in [-0.1, -0.05) is 0 Å². The fourth-order valence-electron chi connectivity index (χ4n) is 2.13. The standard InChI is InChI=1S/C14H16N2O3/c1-15(6-5-14(18)19)11-3-4-13-12(7-11)10(9-17)8-16(13)2/h3-4,7-9H,5-6H2,1-2H3,(H,18,19). The van der Waals surface area contributed by atoms with Crippen molar-refractivity contribution in [1.82, 2.24) is 4.57 Å². The van der Waals surface area contributed by atoms with Gasteiger partial charge >= 0.3 is 5.97 Å². The highest BCUT2D eigenvalue weighted by molar-refractivity contribution is 5.99. The first-order chi connectivity index (χ1) is 9.02. The van der Waals surface area contributed by atoms with Crippen LogP contribution >= 0.6 is 0 Å². The van der Waals surface area contributed by atoms with Crippen LogP contribution in [0, 0.1) is 0 Å². The van der Waals surface area contributed by atoms with E-state index in [1.807, 2.05) is 41.8 Å². The number of aryl methyl sites for hydroxylation is 1. The normalized spacial score (nSPS) is 10.6. The predicted molar refractivity (Wildman–Crippen MR) is 73.8 cm³/mol. The van der Waals surface area contributed by atoms with Gasteiger partial charge in [0.25, 0.3) is 0 Å². The second-order valence-corrected chi connectivity index (χ2v) is 4.58. The van der Waals surface area contributed by atoms with Gasteiger partial charge in [-0.2, -0.15) is 0 Å². The average molecular weight is 260 g/mol. The lowest BCUT2D eigenvalue weighted by Gasteiger charge is -2.18. The summed E-state index contributed by atoms with van der Waals surface area (Å²) in [4.78, 5) is 23.5. The molecule has 0 spiro atoms. The number of carbonyl (C=O) groups excluding carboxylic acids is 1. The Bertz CT molecular complexity index is 631.